The van der Waals surface area contributed by atoms with Crippen LogP contribution in [0.4, 0.5) is 5.00 Å². The Bertz CT molecular complexity index is 916. The highest BCUT2D eigenvalue weighted by Crippen LogP contribution is 2.34. The number of ether oxygens (including phenoxy) is 2. The minimum absolute atomic E-state index is 0.0978. The van der Waals surface area contributed by atoms with Crippen molar-refractivity contribution in [1.29, 1.82) is 0 Å². The molecule has 0 aliphatic carbocycles. The van der Waals surface area contributed by atoms with Crippen LogP contribution in [0, 0.1) is 20.8 Å². The third-order valence-electron chi connectivity index (χ3n) is 4.58. The fraction of sp³-hybridized carbons (Fsp3) is 0.409. The van der Waals surface area contributed by atoms with Gasteiger partial charge in [0.2, 0.25) is 0 Å². The van der Waals surface area contributed by atoms with Crippen molar-refractivity contribution in [3.8, 4) is 0 Å². The van der Waals surface area contributed by atoms with E-state index < -0.39 is 24.5 Å². The maximum atomic E-state index is 12.3. The van der Waals surface area contributed by atoms with Crippen LogP contribution in [-0.4, -0.2) is 31.1 Å². The fourth-order valence-corrected chi connectivity index (χ4v) is 4.10. The van der Waals surface area contributed by atoms with Crippen LogP contribution in [0.15, 0.2) is 18.2 Å². The molecule has 2 rings (SSSR count). The highest BCUT2D eigenvalue weighted by Gasteiger charge is 2.23. The van der Waals surface area contributed by atoms with Crippen LogP contribution in [0.5, 0.6) is 0 Å². The highest BCUT2D eigenvalue weighted by molar-refractivity contribution is 7.16. The molecule has 29 heavy (non-hydrogen) atoms. The molecular weight excluding hydrogens is 390 g/mol. The minimum atomic E-state index is -0.493. The second kappa shape index (κ2) is 10.2. The molecule has 6 nitrogen and oxygen atoms in total. The fourth-order valence-electron chi connectivity index (χ4n) is 2.95. The third-order valence-corrected chi connectivity index (χ3v) is 5.64. The summed E-state index contributed by atoms with van der Waals surface area (Å²) in [5.41, 5.74) is 4.32. The Kier molecular flexibility index (Phi) is 7.96. The van der Waals surface area contributed by atoms with Gasteiger partial charge in [-0.15, -0.1) is 11.3 Å². The molecule has 0 unspecified atom stereocenters. The predicted molar refractivity (Wildman–Crippen MR) is 114 cm³/mol. The molecule has 0 saturated carbocycles. The van der Waals surface area contributed by atoms with E-state index in [0.29, 0.717) is 17.0 Å². The van der Waals surface area contributed by atoms with Crippen molar-refractivity contribution in [3.63, 3.8) is 0 Å². The summed E-state index contributed by atoms with van der Waals surface area (Å²) in [5, 5.41) is 3.11. The van der Waals surface area contributed by atoms with E-state index in [4.69, 9.17) is 9.47 Å². The first-order valence-electron chi connectivity index (χ1n) is 9.57. The van der Waals surface area contributed by atoms with Crippen LogP contribution in [0.1, 0.15) is 51.3 Å². The van der Waals surface area contributed by atoms with Crippen LogP contribution >= 0.6 is 11.3 Å². The van der Waals surface area contributed by atoms with Crippen molar-refractivity contribution < 1.29 is 23.9 Å². The Morgan fingerprint density at radius 1 is 1.03 bits per heavy atom. The molecule has 1 amide bonds. The summed E-state index contributed by atoms with van der Waals surface area (Å²) in [6, 6.07) is 5.75. The van der Waals surface area contributed by atoms with Gasteiger partial charge in [0.05, 0.1) is 18.6 Å². The van der Waals surface area contributed by atoms with E-state index in [1.807, 2.05) is 45.9 Å². The van der Waals surface area contributed by atoms with Crippen LogP contribution in [0.2, 0.25) is 0 Å². The molecule has 0 aliphatic rings. The smallest absolute Gasteiger partial charge is 0.341 e. The topological polar surface area (TPSA) is 81.7 Å². The van der Waals surface area contributed by atoms with E-state index in [1.54, 1.807) is 6.92 Å². The van der Waals surface area contributed by atoms with Gasteiger partial charge in [-0.2, -0.15) is 0 Å². The van der Waals surface area contributed by atoms with Crippen molar-refractivity contribution in [2.45, 2.75) is 47.5 Å². The molecule has 0 spiro atoms. The van der Waals surface area contributed by atoms with Crippen molar-refractivity contribution in [2.75, 3.05) is 18.5 Å². The Morgan fingerprint density at radius 3 is 2.38 bits per heavy atom. The summed E-state index contributed by atoms with van der Waals surface area (Å²) < 4.78 is 10.2. The normalized spacial score (nSPS) is 10.5. The largest absolute Gasteiger partial charge is 0.462 e. The Morgan fingerprint density at radius 2 is 1.76 bits per heavy atom. The molecule has 0 fully saturated rings. The van der Waals surface area contributed by atoms with Crippen molar-refractivity contribution in [1.82, 2.24) is 0 Å². The second-order valence-electron chi connectivity index (χ2n) is 6.72. The molecular formula is C22H27NO5S. The minimum Gasteiger partial charge on any atom is -0.462 e. The average Bonchev–Trinajstić information content (AvgIpc) is 2.98. The zero-order valence-corrected chi connectivity index (χ0v) is 18.3. The summed E-state index contributed by atoms with van der Waals surface area (Å²) in [6.07, 6.45) is 0.748. The molecule has 0 radical (unpaired) electrons. The number of nitrogens with one attached hydrogen (secondary N) is 1. The Hall–Kier alpha value is -2.67. The van der Waals surface area contributed by atoms with Gasteiger partial charge in [-0.25, -0.2) is 4.79 Å². The molecule has 0 aliphatic heterocycles. The first-order valence-corrected chi connectivity index (χ1v) is 10.4. The Balaban J connectivity index is 1.99. The summed E-state index contributed by atoms with van der Waals surface area (Å²) in [6.45, 7) is 9.39. The van der Waals surface area contributed by atoms with Crippen LogP contribution in [0.3, 0.4) is 0 Å². The number of carbonyl (C=O) groups is 3. The van der Waals surface area contributed by atoms with Gasteiger partial charge in [0, 0.05) is 4.88 Å². The van der Waals surface area contributed by atoms with E-state index in [-0.39, 0.29) is 13.0 Å². The van der Waals surface area contributed by atoms with Crippen molar-refractivity contribution >= 4 is 34.2 Å². The standard InChI is InChI=1S/C22H27NO5S/c1-6-17-15(5)29-21(20(17)22(26)27-7-2)23-18(24)12-28-19(25)11-16-9-8-13(3)14(4)10-16/h8-10H,6-7,11-12H2,1-5H3,(H,23,24). The first kappa shape index (κ1) is 22.6. The van der Waals surface area contributed by atoms with Crippen molar-refractivity contribution in [3.05, 3.63) is 50.9 Å². The highest BCUT2D eigenvalue weighted by atomic mass is 32.1. The number of rotatable bonds is 8. The van der Waals surface area contributed by atoms with Gasteiger partial charge in [-0.05, 0) is 56.4 Å². The van der Waals surface area contributed by atoms with Crippen LogP contribution in [-0.2, 0) is 31.9 Å². The number of esters is 2. The third kappa shape index (κ3) is 5.90. The Labute approximate surface area is 175 Å². The summed E-state index contributed by atoms with van der Waals surface area (Å²) in [5.74, 6) is -1.44. The molecule has 1 aromatic heterocycles. The molecule has 0 bridgehead atoms. The maximum Gasteiger partial charge on any atom is 0.341 e. The lowest BCUT2D eigenvalue weighted by atomic mass is 10.0. The van der Waals surface area contributed by atoms with Gasteiger partial charge in [0.1, 0.15) is 5.00 Å². The van der Waals surface area contributed by atoms with Crippen LogP contribution < -0.4 is 5.32 Å². The number of hydrogen-bond donors (Lipinski definition) is 1. The lowest BCUT2D eigenvalue weighted by Gasteiger charge is -2.09. The number of carbonyl (C=O) groups excluding carboxylic acids is 3. The monoisotopic (exact) mass is 417 g/mol. The summed E-state index contributed by atoms with van der Waals surface area (Å²) in [4.78, 5) is 37.6. The van der Waals surface area contributed by atoms with Gasteiger partial charge in [0.25, 0.3) is 5.91 Å². The van der Waals surface area contributed by atoms with E-state index in [1.165, 1.54) is 11.3 Å². The molecule has 7 heteroatoms. The van der Waals surface area contributed by atoms with E-state index in [2.05, 4.69) is 5.32 Å². The molecule has 0 atom stereocenters. The van der Waals surface area contributed by atoms with Gasteiger partial charge in [-0.3, -0.25) is 9.59 Å². The van der Waals surface area contributed by atoms with E-state index >= 15 is 0 Å². The number of benzene rings is 1. The SMILES string of the molecule is CCOC(=O)c1c(NC(=O)COC(=O)Cc2ccc(C)c(C)c2)sc(C)c1CC. The lowest BCUT2D eigenvalue weighted by Crippen LogP contribution is -2.22. The second-order valence-corrected chi connectivity index (χ2v) is 7.94. The molecule has 1 N–H and O–H groups in total. The molecule has 1 aromatic carbocycles. The number of hydrogen-bond acceptors (Lipinski definition) is 6. The lowest BCUT2D eigenvalue weighted by molar-refractivity contribution is -0.146. The van der Waals surface area contributed by atoms with Gasteiger partial charge in [0.15, 0.2) is 6.61 Å². The maximum absolute atomic E-state index is 12.3. The molecule has 156 valence electrons. The van der Waals surface area contributed by atoms with Gasteiger partial charge >= 0.3 is 11.9 Å². The number of aryl methyl sites for hydroxylation is 3. The van der Waals surface area contributed by atoms with E-state index in [9.17, 15) is 14.4 Å². The number of thiophene rings is 1. The zero-order valence-electron chi connectivity index (χ0n) is 17.5. The van der Waals surface area contributed by atoms with Gasteiger partial charge in [-0.1, -0.05) is 25.1 Å². The number of amides is 1. The average molecular weight is 418 g/mol. The molecule has 2 aromatic rings. The quantitative estimate of drug-likeness (QED) is 0.653. The number of anilines is 1. The summed E-state index contributed by atoms with van der Waals surface area (Å²) in [7, 11) is 0. The molecule has 1 heterocycles. The molecule has 0 saturated heterocycles. The first-order chi connectivity index (χ1) is 13.8. The van der Waals surface area contributed by atoms with Crippen LogP contribution in [0.25, 0.3) is 0 Å². The van der Waals surface area contributed by atoms with E-state index in [0.717, 1.165) is 27.1 Å². The zero-order chi connectivity index (χ0) is 21.6. The van der Waals surface area contributed by atoms with Gasteiger partial charge < -0.3 is 14.8 Å². The van der Waals surface area contributed by atoms with Crippen molar-refractivity contribution in [2.24, 2.45) is 0 Å². The predicted octanol–water partition coefficient (Wildman–Crippen LogP) is 4.14. The summed E-state index contributed by atoms with van der Waals surface area (Å²) >= 11 is 1.31.